The van der Waals surface area contributed by atoms with Crippen molar-refractivity contribution in [1.29, 1.82) is 0 Å². The average Bonchev–Trinajstić information content (AvgIpc) is 2.68. The van der Waals surface area contributed by atoms with E-state index in [0.717, 1.165) is 60.4 Å². The lowest BCUT2D eigenvalue weighted by molar-refractivity contribution is -0.146. The Bertz CT molecular complexity index is 780. The minimum Gasteiger partial charge on any atom is -0.355 e. The summed E-state index contributed by atoms with van der Waals surface area (Å²) in [7, 11) is 0. The Morgan fingerprint density at radius 2 is 1.56 bits per heavy atom. The number of benzene rings is 1. The Kier molecular flexibility index (Phi) is 4.22. The Labute approximate surface area is 160 Å². The predicted molar refractivity (Wildman–Crippen MR) is 105 cm³/mol. The van der Waals surface area contributed by atoms with Gasteiger partial charge in [-0.1, -0.05) is 30.3 Å². The van der Waals surface area contributed by atoms with Gasteiger partial charge in [-0.2, -0.15) is 0 Å². The van der Waals surface area contributed by atoms with E-state index in [0.29, 0.717) is 12.5 Å². The molecule has 0 saturated heterocycles. The SMILES string of the molecule is O=C(NCCc1cnc(-c2ccccc2)nc1)C12CC3CC(CC(C3)C1)C2. The fourth-order valence-corrected chi connectivity index (χ4v) is 6.12. The maximum Gasteiger partial charge on any atom is 0.226 e. The average molecular weight is 361 g/mol. The second-order valence-corrected chi connectivity index (χ2v) is 8.98. The number of hydrogen-bond acceptors (Lipinski definition) is 3. The molecule has 0 spiro atoms. The fourth-order valence-electron chi connectivity index (χ4n) is 6.12. The second-order valence-electron chi connectivity index (χ2n) is 8.98. The van der Waals surface area contributed by atoms with Crippen LogP contribution in [0.15, 0.2) is 42.7 Å². The van der Waals surface area contributed by atoms with Crippen LogP contribution in [0.5, 0.6) is 0 Å². The van der Waals surface area contributed by atoms with Crippen molar-refractivity contribution < 1.29 is 4.79 Å². The third kappa shape index (κ3) is 3.26. The van der Waals surface area contributed by atoms with Crippen molar-refractivity contribution in [3.63, 3.8) is 0 Å². The molecule has 1 amide bonds. The van der Waals surface area contributed by atoms with Crippen molar-refractivity contribution in [1.82, 2.24) is 15.3 Å². The highest BCUT2D eigenvalue weighted by atomic mass is 16.2. The molecule has 27 heavy (non-hydrogen) atoms. The Morgan fingerprint density at radius 1 is 0.963 bits per heavy atom. The molecule has 1 N–H and O–H groups in total. The zero-order valence-corrected chi connectivity index (χ0v) is 15.7. The van der Waals surface area contributed by atoms with E-state index in [1.807, 2.05) is 42.7 Å². The van der Waals surface area contributed by atoms with Gasteiger partial charge in [-0.05, 0) is 68.3 Å². The van der Waals surface area contributed by atoms with E-state index < -0.39 is 0 Å². The van der Waals surface area contributed by atoms with Crippen LogP contribution in [-0.2, 0) is 11.2 Å². The van der Waals surface area contributed by atoms with Gasteiger partial charge >= 0.3 is 0 Å². The molecule has 4 bridgehead atoms. The summed E-state index contributed by atoms with van der Waals surface area (Å²) in [5.41, 5.74) is 2.04. The monoisotopic (exact) mass is 361 g/mol. The summed E-state index contributed by atoms with van der Waals surface area (Å²) < 4.78 is 0. The highest BCUT2D eigenvalue weighted by Gasteiger charge is 2.54. The third-order valence-corrected chi connectivity index (χ3v) is 6.96. The molecule has 6 rings (SSSR count). The van der Waals surface area contributed by atoms with Crippen LogP contribution in [-0.4, -0.2) is 22.4 Å². The van der Waals surface area contributed by atoms with Crippen molar-refractivity contribution >= 4 is 5.91 Å². The molecule has 0 aliphatic heterocycles. The van der Waals surface area contributed by atoms with Gasteiger partial charge in [0.15, 0.2) is 5.82 Å². The van der Waals surface area contributed by atoms with Crippen molar-refractivity contribution in [2.75, 3.05) is 6.54 Å². The number of carbonyl (C=O) groups is 1. The fraction of sp³-hybridized carbons (Fsp3) is 0.522. The van der Waals surface area contributed by atoms with E-state index in [4.69, 9.17) is 0 Å². The molecule has 0 atom stereocenters. The van der Waals surface area contributed by atoms with Gasteiger partial charge in [-0.15, -0.1) is 0 Å². The normalized spacial score (nSPS) is 31.0. The van der Waals surface area contributed by atoms with E-state index in [2.05, 4.69) is 15.3 Å². The number of rotatable bonds is 5. The van der Waals surface area contributed by atoms with Gasteiger partial charge in [0.1, 0.15) is 0 Å². The number of nitrogens with one attached hydrogen (secondary N) is 1. The first-order chi connectivity index (χ1) is 13.2. The smallest absolute Gasteiger partial charge is 0.226 e. The van der Waals surface area contributed by atoms with Crippen LogP contribution >= 0.6 is 0 Å². The molecular weight excluding hydrogens is 334 g/mol. The number of aromatic nitrogens is 2. The first-order valence-corrected chi connectivity index (χ1v) is 10.3. The molecule has 1 aromatic heterocycles. The molecule has 2 aromatic rings. The van der Waals surface area contributed by atoms with E-state index in [1.54, 1.807) is 0 Å². The van der Waals surface area contributed by atoms with E-state index in [9.17, 15) is 4.79 Å². The van der Waals surface area contributed by atoms with Crippen LogP contribution in [0.1, 0.15) is 44.1 Å². The van der Waals surface area contributed by atoms with Crippen LogP contribution in [0.2, 0.25) is 0 Å². The number of hydrogen-bond donors (Lipinski definition) is 1. The first-order valence-electron chi connectivity index (χ1n) is 10.3. The Hall–Kier alpha value is -2.23. The molecule has 4 nitrogen and oxygen atoms in total. The molecular formula is C23H27N3O. The summed E-state index contributed by atoms with van der Waals surface area (Å²) in [5.74, 6) is 3.48. The van der Waals surface area contributed by atoms with Crippen molar-refractivity contribution in [3.05, 3.63) is 48.3 Å². The summed E-state index contributed by atoms with van der Waals surface area (Å²) in [5, 5.41) is 3.24. The van der Waals surface area contributed by atoms with Crippen molar-refractivity contribution in [3.8, 4) is 11.4 Å². The molecule has 4 saturated carbocycles. The Balaban J connectivity index is 1.17. The zero-order chi connectivity index (χ0) is 18.3. The standard InChI is InChI=1S/C23H27N3O/c27-22(23-11-17-8-18(12-23)10-19(9-17)13-23)24-7-6-16-14-25-21(26-15-16)20-4-2-1-3-5-20/h1-5,14-15,17-19H,6-13H2,(H,24,27). The van der Waals surface area contributed by atoms with Crippen molar-refractivity contribution in [2.45, 2.75) is 44.9 Å². The van der Waals surface area contributed by atoms with Gasteiger partial charge in [0, 0.05) is 29.9 Å². The molecule has 1 heterocycles. The van der Waals surface area contributed by atoms with Gasteiger partial charge in [0.05, 0.1) is 0 Å². The molecule has 0 unspecified atom stereocenters. The minimum atomic E-state index is -0.0532. The van der Waals surface area contributed by atoms with Gasteiger partial charge in [-0.3, -0.25) is 4.79 Å². The molecule has 1 aromatic carbocycles. The number of carbonyl (C=O) groups excluding carboxylic acids is 1. The molecule has 0 radical (unpaired) electrons. The highest BCUT2D eigenvalue weighted by molar-refractivity contribution is 5.83. The van der Waals surface area contributed by atoms with Crippen LogP contribution < -0.4 is 5.32 Å². The lowest BCUT2D eigenvalue weighted by atomic mass is 9.49. The molecule has 4 heteroatoms. The number of nitrogens with zero attached hydrogens (tertiary/aromatic N) is 2. The lowest BCUT2D eigenvalue weighted by Crippen LogP contribution is -2.53. The quantitative estimate of drug-likeness (QED) is 0.875. The molecule has 140 valence electrons. The Morgan fingerprint density at radius 3 is 2.15 bits per heavy atom. The van der Waals surface area contributed by atoms with Crippen LogP contribution in [0.4, 0.5) is 0 Å². The van der Waals surface area contributed by atoms with Gasteiger partial charge in [0.2, 0.25) is 5.91 Å². The summed E-state index contributed by atoms with van der Waals surface area (Å²) in [4.78, 5) is 21.9. The lowest BCUT2D eigenvalue weighted by Gasteiger charge is -2.55. The van der Waals surface area contributed by atoms with Crippen LogP contribution in [0.25, 0.3) is 11.4 Å². The van der Waals surface area contributed by atoms with Gasteiger partial charge in [-0.25, -0.2) is 9.97 Å². The van der Waals surface area contributed by atoms with Crippen LogP contribution in [0, 0.1) is 23.2 Å². The highest BCUT2D eigenvalue weighted by Crippen LogP contribution is 2.60. The topological polar surface area (TPSA) is 54.9 Å². The molecule has 4 aliphatic carbocycles. The van der Waals surface area contributed by atoms with E-state index >= 15 is 0 Å². The predicted octanol–water partition coefficient (Wildman–Crippen LogP) is 4.02. The second kappa shape index (κ2) is 6.74. The summed E-state index contributed by atoms with van der Waals surface area (Å²) >= 11 is 0. The maximum absolute atomic E-state index is 13.0. The summed E-state index contributed by atoms with van der Waals surface area (Å²) in [6, 6.07) is 10.0. The minimum absolute atomic E-state index is 0.0532. The summed E-state index contributed by atoms with van der Waals surface area (Å²) in [6.45, 7) is 0.675. The van der Waals surface area contributed by atoms with Gasteiger partial charge < -0.3 is 5.32 Å². The van der Waals surface area contributed by atoms with E-state index in [1.165, 1.54) is 19.3 Å². The molecule has 4 fully saturated rings. The van der Waals surface area contributed by atoms with Crippen molar-refractivity contribution in [2.24, 2.45) is 23.2 Å². The summed E-state index contributed by atoms with van der Waals surface area (Å²) in [6.07, 6.45) is 12.0. The largest absolute Gasteiger partial charge is 0.355 e. The third-order valence-electron chi connectivity index (χ3n) is 6.96. The van der Waals surface area contributed by atoms with Crippen LogP contribution in [0.3, 0.4) is 0 Å². The van der Waals surface area contributed by atoms with Gasteiger partial charge in [0.25, 0.3) is 0 Å². The zero-order valence-electron chi connectivity index (χ0n) is 15.7. The molecule has 4 aliphatic rings. The maximum atomic E-state index is 13.0. The number of amides is 1. The van der Waals surface area contributed by atoms with E-state index in [-0.39, 0.29) is 5.41 Å². The first kappa shape index (κ1) is 16.9.